The van der Waals surface area contributed by atoms with Crippen molar-refractivity contribution < 1.29 is 19.1 Å². The summed E-state index contributed by atoms with van der Waals surface area (Å²) in [6.45, 7) is 1.42. The van der Waals surface area contributed by atoms with Crippen molar-refractivity contribution >= 4 is 12.1 Å². The Kier molecular flexibility index (Phi) is 3.44. The smallest absolute Gasteiger partial charge is 0.163 e. The zero-order chi connectivity index (χ0) is 11.4. The first-order valence-corrected chi connectivity index (χ1v) is 4.36. The van der Waals surface area contributed by atoms with Crippen LogP contribution in [0.5, 0.6) is 11.5 Å². The molecule has 0 radical (unpaired) electrons. The highest BCUT2D eigenvalue weighted by molar-refractivity contribution is 5.99. The van der Waals surface area contributed by atoms with Gasteiger partial charge in [0.1, 0.15) is 11.5 Å². The topological polar surface area (TPSA) is 52.6 Å². The van der Waals surface area contributed by atoms with Gasteiger partial charge in [-0.3, -0.25) is 9.59 Å². The van der Waals surface area contributed by atoms with Crippen LogP contribution in [0.2, 0.25) is 0 Å². The normalized spacial score (nSPS) is 9.53. The van der Waals surface area contributed by atoms with Crippen molar-refractivity contribution in [2.75, 3.05) is 14.2 Å². The van der Waals surface area contributed by atoms with Gasteiger partial charge in [-0.05, 0) is 13.0 Å². The van der Waals surface area contributed by atoms with Crippen molar-refractivity contribution in [1.82, 2.24) is 0 Å². The molecule has 0 atom stereocenters. The molecule has 1 aromatic carbocycles. The zero-order valence-electron chi connectivity index (χ0n) is 8.87. The number of carbonyl (C=O) groups excluding carboxylic acids is 2. The molecular formula is C11H12O4. The average Bonchev–Trinajstić information content (AvgIpc) is 2.26. The van der Waals surface area contributed by atoms with Gasteiger partial charge < -0.3 is 9.47 Å². The van der Waals surface area contributed by atoms with Crippen LogP contribution in [-0.4, -0.2) is 26.3 Å². The number of methoxy groups -OCH3 is 2. The van der Waals surface area contributed by atoms with Gasteiger partial charge in [0, 0.05) is 6.07 Å². The number of aldehydes is 1. The molecule has 0 aliphatic heterocycles. The van der Waals surface area contributed by atoms with Crippen molar-refractivity contribution in [1.29, 1.82) is 0 Å². The van der Waals surface area contributed by atoms with Crippen molar-refractivity contribution in [3.63, 3.8) is 0 Å². The highest BCUT2D eigenvalue weighted by Gasteiger charge is 2.13. The number of hydrogen-bond donors (Lipinski definition) is 0. The molecule has 0 unspecified atom stereocenters. The van der Waals surface area contributed by atoms with Crippen LogP contribution in [0.15, 0.2) is 12.1 Å². The van der Waals surface area contributed by atoms with E-state index in [1.165, 1.54) is 33.3 Å². The fourth-order valence-corrected chi connectivity index (χ4v) is 1.29. The third-order valence-corrected chi connectivity index (χ3v) is 2.06. The van der Waals surface area contributed by atoms with Crippen LogP contribution < -0.4 is 9.47 Å². The summed E-state index contributed by atoms with van der Waals surface area (Å²) >= 11 is 0. The molecular weight excluding hydrogens is 196 g/mol. The molecule has 0 aliphatic rings. The molecule has 0 aromatic heterocycles. The largest absolute Gasteiger partial charge is 0.496 e. The lowest BCUT2D eigenvalue weighted by Crippen LogP contribution is -2.01. The molecule has 80 valence electrons. The van der Waals surface area contributed by atoms with Gasteiger partial charge in [0.2, 0.25) is 0 Å². The second-order valence-corrected chi connectivity index (χ2v) is 2.97. The van der Waals surface area contributed by atoms with Gasteiger partial charge in [0.25, 0.3) is 0 Å². The van der Waals surface area contributed by atoms with Crippen LogP contribution in [0.4, 0.5) is 0 Å². The molecule has 4 nitrogen and oxygen atoms in total. The fraction of sp³-hybridized carbons (Fsp3) is 0.273. The van der Waals surface area contributed by atoms with Crippen molar-refractivity contribution in [3.05, 3.63) is 23.3 Å². The van der Waals surface area contributed by atoms with Crippen molar-refractivity contribution in [2.45, 2.75) is 6.92 Å². The second kappa shape index (κ2) is 4.59. The van der Waals surface area contributed by atoms with Gasteiger partial charge in [0.15, 0.2) is 12.1 Å². The second-order valence-electron chi connectivity index (χ2n) is 2.97. The number of Topliss-reactive ketones (excluding diaryl/α,β-unsaturated/α-hetero) is 1. The van der Waals surface area contributed by atoms with Crippen LogP contribution in [-0.2, 0) is 0 Å². The van der Waals surface area contributed by atoms with E-state index in [-0.39, 0.29) is 5.78 Å². The van der Waals surface area contributed by atoms with E-state index < -0.39 is 0 Å². The van der Waals surface area contributed by atoms with E-state index >= 15 is 0 Å². The highest BCUT2D eigenvalue weighted by atomic mass is 16.5. The maximum Gasteiger partial charge on any atom is 0.163 e. The lowest BCUT2D eigenvalue weighted by Gasteiger charge is -2.10. The van der Waals surface area contributed by atoms with Crippen LogP contribution in [0.3, 0.4) is 0 Å². The number of ether oxygens (including phenoxy) is 2. The Bertz CT molecular complexity index is 396. The van der Waals surface area contributed by atoms with Gasteiger partial charge in [0.05, 0.1) is 25.3 Å². The van der Waals surface area contributed by atoms with E-state index in [4.69, 9.17) is 9.47 Å². The molecule has 0 heterocycles. The predicted octanol–water partition coefficient (Wildman–Crippen LogP) is 1.72. The molecule has 0 saturated carbocycles. The molecule has 0 N–H and O–H groups in total. The first-order valence-electron chi connectivity index (χ1n) is 4.36. The maximum atomic E-state index is 11.3. The third kappa shape index (κ3) is 2.15. The molecule has 0 fully saturated rings. The lowest BCUT2D eigenvalue weighted by molar-refractivity contribution is 0.101. The Labute approximate surface area is 87.8 Å². The summed E-state index contributed by atoms with van der Waals surface area (Å²) in [5, 5.41) is 0. The summed E-state index contributed by atoms with van der Waals surface area (Å²) in [5.74, 6) is 0.648. The molecule has 1 aromatic rings. The minimum atomic E-state index is -0.155. The number of hydrogen-bond acceptors (Lipinski definition) is 4. The Hall–Kier alpha value is -1.84. The van der Waals surface area contributed by atoms with E-state index in [1.807, 2.05) is 0 Å². The Morgan fingerprint density at radius 1 is 1.20 bits per heavy atom. The first-order chi connectivity index (χ1) is 7.13. The minimum Gasteiger partial charge on any atom is -0.496 e. The molecule has 0 bridgehead atoms. The minimum absolute atomic E-state index is 0.155. The van der Waals surface area contributed by atoms with Gasteiger partial charge >= 0.3 is 0 Å². The standard InChI is InChI=1S/C11H12O4/c1-7(13)9-4-8(6-12)10(14-2)5-11(9)15-3/h4-6H,1-3H3. The number of rotatable bonds is 4. The molecule has 0 amide bonds. The van der Waals surface area contributed by atoms with E-state index in [2.05, 4.69) is 0 Å². The molecule has 4 heteroatoms. The Balaban J connectivity index is 3.40. The van der Waals surface area contributed by atoms with E-state index in [0.29, 0.717) is 28.9 Å². The summed E-state index contributed by atoms with van der Waals surface area (Å²) in [4.78, 5) is 22.0. The predicted molar refractivity (Wildman–Crippen MR) is 54.9 cm³/mol. The Morgan fingerprint density at radius 2 is 1.80 bits per heavy atom. The van der Waals surface area contributed by atoms with Crippen LogP contribution in [0.1, 0.15) is 27.6 Å². The number of ketones is 1. The van der Waals surface area contributed by atoms with E-state index in [9.17, 15) is 9.59 Å². The Morgan fingerprint density at radius 3 is 2.20 bits per heavy atom. The van der Waals surface area contributed by atoms with Gasteiger partial charge in [-0.2, -0.15) is 0 Å². The van der Waals surface area contributed by atoms with Crippen LogP contribution >= 0.6 is 0 Å². The average molecular weight is 208 g/mol. The SMILES string of the molecule is COc1cc(OC)c(C(C)=O)cc1C=O. The fourth-order valence-electron chi connectivity index (χ4n) is 1.29. The quantitative estimate of drug-likeness (QED) is 0.558. The molecule has 15 heavy (non-hydrogen) atoms. The number of carbonyl (C=O) groups is 2. The maximum absolute atomic E-state index is 11.3. The van der Waals surface area contributed by atoms with Gasteiger partial charge in [-0.1, -0.05) is 0 Å². The third-order valence-electron chi connectivity index (χ3n) is 2.06. The molecule has 0 aliphatic carbocycles. The van der Waals surface area contributed by atoms with Crippen LogP contribution in [0.25, 0.3) is 0 Å². The number of benzene rings is 1. The van der Waals surface area contributed by atoms with E-state index in [1.54, 1.807) is 0 Å². The summed E-state index contributed by atoms with van der Waals surface area (Å²) < 4.78 is 10.0. The van der Waals surface area contributed by atoms with Crippen molar-refractivity contribution in [3.8, 4) is 11.5 Å². The van der Waals surface area contributed by atoms with Gasteiger partial charge in [-0.15, -0.1) is 0 Å². The first kappa shape index (κ1) is 11.2. The zero-order valence-corrected chi connectivity index (χ0v) is 8.87. The van der Waals surface area contributed by atoms with E-state index in [0.717, 1.165) is 0 Å². The lowest BCUT2D eigenvalue weighted by atomic mass is 10.1. The summed E-state index contributed by atoms with van der Waals surface area (Å²) in [6, 6.07) is 2.99. The summed E-state index contributed by atoms with van der Waals surface area (Å²) in [7, 11) is 2.91. The van der Waals surface area contributed by atoms with Gasteiger partial charge in [-0.25, -0.2) is 0 Å². The van der Waals surface area contributed by atoms with Crippen molar-refractivity contribution in [2.24, 2.45) is 0 Å². The molecule has 0 spiro atoms. The summed E-state index contributed by atoms with van der Waals surface area (Å²) in [5.41, 5.74) is 0.712. The highest BCUT2D eigenvalue weighted by Crippen LogP contribution is 2.28. The monoisotopic (exact) mass is 208 g/mol. The van der Waals surface area contributed by atoms with Crippen LogP contribution in [0, 0.1) is 0 Å². The molecule has 1 rings (SSSR count). The summed E-state index contributed by atoms with van der Waals surface area (Å²) in [6.07, 6.45) is 0.644. The molecule has 0 saturated heterocycles.